The zero-order valence-electron chi connectivity index (χ0n) is 11.3. The minimum Gasteiger partial charge on any atom is -0.496 e. The number of thiophene rings is 1. The summed E-state index contributed by atoms with van der Waals surface area (Å²) in [7, 11) is 1.70. The van der Waals surface area contributed by atoms with Gasteiger partial charge in [-0.3, -0.25) is 11.3 Å². The van der Waals surface area contributed by atoms with Crippen molar-refractivity contribution in [2.24, 2.45) is 5.84 Å². The van der Waals surface area contributed by atoms with Gasteiger partial charge in [0, 0.05) is 4.88 Å². The van der Waals surface area contributed by atoms with Gasteiger partial charge in [-0.15, -0.1) is 11.3 Å². The Morgan fingerprint density at radius 2 is 2.05 bits per heavy atom. The molecule has 0 saturated heterocycles. The van der Waals surface area contributed by atoms with Gasteiger partial charge in [-0.1, -0.05) is 25.1 Å². The number of aryl methyl sites for hydroxylation is 1. The molecule has 1 aromatic carbocycles. The molecule has 102 valence electrons. The number of hydrazine groups is 1. The number of nitrogens with two attached hydrogens (primary N) is 1. The molecular formula is C15H20N2OS. The molecule has 0 spiro atoms. The van der Waals surface area contributed by atoms with Crippen molar-refractivity contribution < 1.29 is 4.74 Å². The van der Waals surface area contributed by atoms with Gasteiger partial charge in [0.15, 0.2) is 0 Å². The van der Waals surface area contributed by atoms with Crippen LogP contribution in [0, 0.1) is 0 Å². The van der Waals surface area contributed by atoms with Gasteiger partial charge in [0.2, 0.25) is 0 Å². The average molecular weight is 276 g/mol. The maximum absolute atomic E-state index is 5.74. The summed E-state index contributed by atoms with van der Waals surface area (Å²) >= 11 is 1.76. The van der Waals surface area contributed by atoms with Crippen LogP contribution >= 0.6 is 11.3 Å². The minimum atomic E-state index is 0.131. The molecule has 0 bridgehead atoms. The fourth-order valence-electron chi connectivity index (χ4n) is 2.26. The van der Waals surface area contributed by atoms with Gasteiger partial charge in [-0.2, -0.15) is 0 Å². The van der Waals surface area contributed by atoms with E-state index in [1.54, 1.807) is 18.4 Å². The Morgan fingerprint density at radius 1 is 1.26 bits per heavy atom. The van der Waals surface area contributed by atoms with Crippen molar-refractivity contribution in [2.45, 2.75) is 25.8 Å². The highest BCUT2D eigenvalue weighted by Gasteiger charge is 2.17. The number of benzene rings is 1. The Balaban J connectivity index is 2.24. The third kappa shape index (κ3) is 3.15. The lowest BCUT2D eigenvalue weighted by atomic mass is 10.0. The molecule has 19 heavy (non-hydrogen) atoms. The molecule has 0 aliphatic heterocycles. The van der Waals surface area contributed by atoms with Crippen LogP contribution in [0.1, 0.15) is 29.0 Å². The molecule has 1 heterocycles. The fraction of sp³-hybridized carbons (Fsp3) is 0.333. The van der Waals surface area contributed by atoms with Gasteiger partial charge in [-0.05, 0) is 41.5 Å². The van der Waals surface area contributed by atoms with Gasteiger partial charge in [0.1, 0.15) is 5.75 Å². The van der Waals surface area contributed by atoms with Crippen molar-refractivity contribution in [1.29, 1.82) is 0 Å². The van der Waals surface area contributed by atoms with E-state index < -0.39 is 0 Å². The summed E-state index contributed by atoms with van der Waals surface area (Å²) in [4.78, 5) is 1.32. The largest absolute Gasteiger partial charge is 0.496 e. The fourth-order valence-corrected chi connectivity index (χ4v) is 3.32. The summed E-state index contributed by atoms with van der Waals surface area (Å²) in [5, 5.41) is 2.13. The van der Waals surface area contributed by atoms with E-state index in [0.29, 0.717) is 0 Å². The van der Waals surface area contributed by atoms with Crippen LogP contribution in [0.15, 0.2) is 35.7 Å². The van der Waals surface area contributed by atoms with Gasteiger partial charge in [0.25, 0.3) is 0 Å². The SMILES string of the molecule is CCc1ccsc1C(Cc1ccccc1OC)NN. The highest BCUT2D eigenvalue weighted by Crippen LogP contribution is 2.29. The smallest absolute Gasteiger partial charge is 0.122 e. The van der Waals surface area contributed by atoms with E-state index in [0.717, 1.165) is 18.6 Å². The van der Waals surface area contributed by atoms with Gasteiger partial charge < -0.3 is 4.74 Å². The summed E-state index contributed by atoms with van der Waals surface area (Å²) in [5.74, 6) is 6.66. The first kappa shape index (κ1) is 14.1. The van der Waals surface area contributed by atoms with Crippen molar-refractivity contribution >= 4 is 11.3 Å². The summed E-state index contributed by atoms with van der Waals surface area (Å²) < 4.78 is 5.40. The van der Waals surface area contributed by atoms with Crippen LogP contribution in [0.4, 0.5) is 0 Å². The van der Waals surface area contributed by atoms with Crippen LogP contribution in [0.3, 0.4) is 0 Å². The standard InChI is InChI=1S/C15H20N2OS/c1-3-11-8-9-19-15(11)13(17-16)10-12-6-4-5-7-14(12)18-2/h4-9,13,17H,3,10,16H2,1-2H3. The zero-order valence-corrected chi connectivity index (χ0v) is 12.2. The highest BCUT2D eigenvalue weighted by atomic mass is 32.1. The molecule has 0 amide bonds. The molecule has 0 aliphatic carbocycles. The molecular weight excluding hydrogens is 256 g/mol. The van der Waals surface area contributed by atoms with Crippen molar-refractivity contribution in [1.82, 2.24) is 5.43 Å². The van der Waals surface area contributed by atoms with Crippen LogP contribution in [-0.4, -0.2) is 7.11 Å². The number of hydrogen-bond acceptors (Lipinski definition) is 4. The predicted octanol–water partition coefficient (Wildman–Crippen LogP) is 3.07. The van der Waals surface area contributed by atoms with E-state index in [-0.39, 0.29) is 6.04 Å². The van der Waals surface area contributed by atoms with E-state index in [1.807, 2.05) is 18.2 Å². The van der Waals surface area contributed by atoms with Crippen molar-refractivity contribution in [3.05, 3.63) is 51.7 Å². The lowest BCUT2D eigenvalue weighted by Crippen LogP contribution is -2.29. The molecule has 0 radical (unpaired) electrons. The van der Waals surface area contributed by atoms with Crippen LogP contribution < -0.4 is 16.0 Å². The average Bonchev–Trinajstić information content (AvgIpc) is 2.93. The van der Waals surface area contributed by atoms with E-state index in [9.17, 15) is 0 Å². The molecule has 4 heteroatoms. The van der Waals surface area contributed by atoms with Gasteiger partial charge in [-0.25, -0.2) is 0 Å². The Labute approximate surface area is 118 Å². The maximum atomic E-state index is 5.74. The van der Waals surface area contributed by atoms with Gasteiger partial charge >= 0.3 is 0 Å². The molecule has 1 aromatic heterocycles. The molecule has 0 saturated carbocycles. The molecule has 2 aromatic rings. The normalized spacial score (nSPS) is 12.4. The van der Waals surface area contributed by atoms with E-state index >= 15 is 0 Å². The summed E-state index contributed by atoms with van der Waals surface area (Å²) in [6.07, 6.45) is 1.86. The maximum Gasteiger partial charge on any atom is 0.122 e. The molecule has 0 fully saturated rings. The molecule has 1 unspecified atom stereocenters. The highest BCUT2D eigenvalue weighted by molar-refractivity contribution is 7.10. The first-order valence-electron chi connectivity index (χ1n) is 6.44. The third-order valence-electron chi connectivity index (χ3n) is 3.30. The number of hydrogen-bond donors (Lipinski definition) is 2. The molecule has 3 nitrogen and oxygen atoms in total. The van der Waals surface area contributed by atoms with Crippen LogP contribution in [0.2, 0.25) is 0 Å². The second-order valence-electron chi connectivity index (χ2n) is 4.40. The number of rotatable bonds is 6. The van der Waals surface area contributed by atoms with E-state index in [4.69, 9.17) is 10.6 Å². The molecule has 0 aliphatic rings. The predicted molar refractivity (Wildman–Crippen MR) is 80.5 cm³/mol. The van der Waals surface area contributed by atoms with Crippen LogP contribution in [-0.2, 0) is 12.8 Å². The topological polar surface area (TPSA) is 47.3 Å². The first-order valence-corrected chi connectivity index (χ1v) is 7.32. The lowest BCUT2D eigenvalue weighted by molar-refractivity contribution is 0.406. The van der Waals surface area contributed by atoms with Gasteiger partial charge in [0.05, 0.1) is 13.2 Å². The molecule has 2 rings (SSSR count). The second kappa shape index (κ2) is 6.70. The lowest BCUT2D eigenvalue weighted by Gasteiger charge is -2.18. The minimum absolute atomic E-state index is 0.131. The van der Waals surface area contributed by atoms with Crippen LogP contribution in [0.5, 0.6) is 5.75 Å². The van der Waals surface area contributed by atoms with E-state index in [2.05, 4.69) is 29.9 Å². The van der Waals surface area contributed by atoms with E-state index in [1.165, 1.54) is 16.0 Å². The second-order valence-corrected chi connectivity index (χ2v) is 5.35. The number of para-hydroxylation sites is 1. The quantitative estimate of drug-likeness (QED) is 0.629. The molecule has 3 N–H and O–H groups in total. The van der Waals surface area contributed by atoms with Crippen molar-refractivity contribution in [3.8, 4) is 5.75 Å². The number of methoxy groups -OCH3 is 1. The Morgan fingerprint density at radius 3 is 2.74 bits per heavy atom. The Kier molecular flexibility index (Phi) is 4.96. The summed E-state index contributed by atoms with van der Waals surface area (Å²) in [6.45, 7) is 2.17. The number of nitrogens with one attached hydrogen (secondary N) is 1. The first-order chi connectivity index (χ1) is 9.30. The zero-order chi connectivity index (χ0) is 13.7. The Hall–Kier alpha value is -1.36. The third-order valence-corrected chi connectivity index (χ3v) is 4.37. The van der Waals surface area contributed by atoms with Crippen LogP contribution in [0.25, 0.3) is 0 Å². The summed E-state index contributed by atoms with van der Waals surface area (Å²) in [6, 6.07) is 10.4. The van der Waals surface area contributed by atoms with Crippen molar-refractivity contribution in [3.63, 3.8) is 0 Å². The monoisotopic (exact) mass is 276 g/mol. The summed E-state index contributed by atoms with van der Waals surface area (Å²) in [5.41, 5.74) is 5.47. The Bertz CT molecular complexity index is 524. The molecule has 1 atom stereocenters. The number of ether oxygens (including phenoxy) is 1. The van der Waals surface area contributed by atoms with Crippen molar-refractivity contribution in [2.75, 3.05) is 7.11 Å².